The zero-order valence-electron chi connectivity index (χ0n) is 17.7. The van der Waals surface area contributed by atoms with Crippen LogP contribution in [0.4, 0.5) is 5.69 Å². The first-order valence-electron chi connectivity index (χ1n) is 10.2. The molecule has 2 heterocycles. The molecular formula is C23H20N6O4. The lowest BCUT2D eigenvalue weighted by atomic mass is 10.1. The predicted octanol–water partition coefficient (Wildman–Crippen LogP) is 2.61. The molecular weight excluding hydrogens is 424 g/mol. The maximum Gasteiger partial charge on any atom is 0.294 e. The average molecular weight is 444 g/mol. The van der Waals surface area contributed by atoms with Gasteiger partial charge in [-0.1, -0.05) is 24.3 Å². The van der Waals surface area contributed by atoms with E-state index >= 15 is 0 Å². The molecule has 0 aliphatic rings. The van der Waals surface area contributed by atoms with Crippen LogP contribution in [-0.2, 0) is 6.42 Å². The van der Waals surface area contributed by atoms with E-state index in [-0.39, 0.29) is 17.1 Å². The smallest absolute Gasteiger partial charge is 0.294 e. The fraction of sp³-hybridized carbons (Fsp3) is 0.130. The molecule has 4 aromatic rings. The summed E-state index contributed by atoms with van der Waals surface area (Å²) in [5.74, 6) is -0.638. The second-order valence-corrected chi connectivity index (χ2v) is 7.28. The number of para-hydroxylation sites is 2. The predicted molar refractivity (Wildman–Crippen MR) is 121 cm³/mol. The Labute approximate surface area is 188 Å². The Morgan fingerprint density at radius 1 is 1.12 bits per heavy atom. The summed E-state index contributed by atoms with van der Waals surface area (Å²) in [5.41, 5.74) is 1.42. The van der Waals surface area contributed by atoms with Crippen molar-refractivity contribution in [1.82, 2.24) is 24.9 Å². The molecule has 0 spiro atoms. The summed E-state index contributed by atoms with van der Waals surface area (Å²) in [6.07, 6.45) is 4.10. The SMILES string of the molecule is Cc1cc(=O)c(C(=O)NCCc2ccc(-n3cccn3)cc2)nn1-c1ccccc1[N+](=O)[O-]. The van der Waals surface area contributed by atoms with Crippen molar-refractivity contribution < 1.29 is 9.72 Å². The number of nitro groups is 1. The largest absolute Gasteiger partial charge is 0.350 e. The van der Waals surface area contributed by atoms with E-state index in [1.165, 1.54) is 28.9 Å². The number of carbonyl (C=O) groups is 1. The van der Waals surface area contributed by atoms with Gasteiger partial charge in [0.05, 0.1) is 10.6 Å². The van der Waals surface area contributed by atoms with Crippen molar-refractivity contribution in [3.8, 4) is 11.4 Å². The minimum Gasteiger partial charge on any atom is -0.350 e. The molecule has 0 unspecified atom stereocenters. The highest BCUT2D eigenvalue weighted by Crippen LogP contribution is 2.22. The first-order valence-corrected chi connectivity index (χ1v) is 10.2. The molecule has 0 saturated carbocycles. The van der Waals surface area contributed by atoms with Gasteiger partial charge in [0.1, 0.15) is 5.69 Å². The minimum absolute atomic E-state index is 0.173. The molecule has 1 N–H and O–H groups in total. The van der Waals surface area contributed by atoms with Crippen molar-refractivity contribution in [2.75, 3.05) is 6.54 Å². The summed E-state index contributed by atoms with van der Waals surface area (Å²) in [6.45, 7) is 1.89. The minimum atomic E-state index is -0.638. The molecule has 10 heteroatoms. The third-order valence-corrected chi connectivity index (χ3v) is 5.03. The maximum atomic E-state index is 12.6. The van der Waals surface area contributed by atoms with Crippen molar-refractivity contribution in [1.29, 1.82) is 0 Å². The van der Waals surface area contributed by atoms with Crippen molar-refractivity contribution in [2.45, 2.75) is 13.3 Å². The highest BCUT2D eigenvalue weighted by atomic mass is 16.6. The lowest BCUT2D eigenvalue weighted by Crippen LogP contribution is -2.33. The molecule has 0 aliphatic heterocycles. The van der Waals surface area contributed by atoms with E-state index in [9.17, 15) is 19.7 Å². The van der Waals surface area contributed by atoms with Gasteiger partial charge in [-0.05, 0) is 43.2 Å². The Morgan fingerprint density at radius 3 is 2.58 bits per heavy atom. The number of hydrogen-bond acceptors (Lipinski definition) is 6. The molecule has 0 fully saturated rings. The van der Waals surface area contributed by atoms with Gasteiger partial charge in [0.15, 0.2) is 5.69 Å². The van der Waals surface area contributed by atoms with Crippen LogP contribution in [0, 0.1) is 17.0 Å². The monoisotopic (exact) mass is 444 g/mol. The molecule has 4 rings (SSSR count). The van der Waals surface area contributed by atoms with Crippen LogP contribution in [0.15, 0.2) is 77.9 Å². The van der Waals surface area contributed by atoms with Crippen LogP contribution in [0.1, 0.15) is 21.7 Å². The van der Waals surface area contributed by atoms with E-state index < -0.39 is 16.3 Å². The van der Waals surface area contributed by atoms with E-state index in [0.717, 1.165) is 11.3 Å². The highest BCUT2D eigenvalue weighted by Gasteiger charge is 2.20. The maximum absolute atomic E-state index is 12.6. The summed E-state index contributed by atoms with van der Waals surface area (Å²) >= 11 is 0. The Balaban J connectivity index is 1.48. The first kappa shape index (κ1) is 21.6. The van der Waals surface area contributed by atoms with Crippen LogP contribution in [-0.4, -0.2) is 36.9 Å². The summed E-state index contributed by atoms with van der Waals surface area (Å²) in [6, 6.07) is 16.8. The summed E-state index contributed by atoms with van der Waals surface area (Å²) in [7, 11) is 0. The molecule has 0 saturated heterocycles. The van der Waals surface area contributed by atoms with Gasteiger partial charge in [-0.2, -0.15) is 10.2 Å². The normalized spacial score (nSPS) is 10.7. The van der Waals surface area contributed by atoms with Gasteiger partial charge in [-0.3, -0.25) is 19.7 Å². The van der Waals surface area contributed by atoms with Crippen molar-refractivity contribution in [2.24, 2.45) is 0 Å². The number of aryl methyl sites for hydroxylation is 1. The second kappa shape index (κ2) is 9.27. The molecule has 2 aromatic heterocycles. The number of aromatic nitrogens is 4. The van der Waals surface area contributed by atoms with E-state index in [4.69, 9.17) is 0 Å². The van der Waals surface area contributed by atoms with E-state index in [1.807, 2.05) is 36.5 Å². The van der Waals surface area contributed by atoms with Crippen molar-refractivity contribution >= 4 is 11.6 Å². The Hall–Kier alpha value is -4.60. The van der Waals surface area contributed by atoms with Crippen molar-refractivity contribution in [3.05, 3.63) is 110 Å². The number of carbonyl (C=O) groups excluding carboxylic acids is 1. The molecule has 166 valence electrons. The van der Waals surface area contributed by atoms with Gasteiger partial charge in [-0.15, -0.1) is 0 Å². The Kier molecular flexibility index (Phi) is 6.07. The van der Waals surface area contributed by atoms with E-state index in [2.05, 4.69) is 15.5 Å². The van der Waals surface area contributed by atoms with Gasteiger partial charge in [-0.25, -0.2) is 9.36 Å². The zero-order chi connectivity index (χ0) is 23.4. The third-order valence-electron chi connectivity index (χ3n) is 5.03. The fourth-order valence-electron chi connectivity index (χ4n) is 3.39. The van der Waals surface area contributed by atoms with Crippen LogP contribution in [0.5, 0.6) is 0 Å². The molecule has 10 nitrogen and oxygen atoms in total. The van der Waals surface area contributed by atoms with E-state index in [0.29, 0.717) is 18.7 Å². The molecule has 0 atom stereocenters. The van der Waals surface area contributed by atoms with Gasteiger partial charge >= 0.3 is 0 Å². The lowest BCUT2D eigenvalue weighted by Gasteiger charge is -2.11. The standard InChI is InChI=1S/C23H20N6O4/c1-16-15-21(30)22(26-28(16)19-5-2-3-6-20(19)29(32)33)23(31)24-13-11-17-7-9-18(10-8-17)27-14-4-12-25-27/h2-10,12,14-15H,11,13H2,1H3,(H,24,31). The second-order valence-electron chi connectivity index (χ2n) is 7.28. The number of nitrogens with one attached hydrogen (secondary N) is 1. The summed E-state index contributed by atoms with van der Waals surface area (Å²) in [5, 5.41) is 22.4. The van der Waals surface area contributed by atoms with Crippen molar-refractivity contribution in [3.63, 3.8) is 0 Å². The number of rotatable bonds is 7. The molecule has 33 heavy (non-hydrogen) atoms. The number of benzene rings is 2. The number of hydrogen-bond donors (Lipinski definition) is 1. The van der Waals surface area contributed by atoms with Crippen LogP contribution < -0.4 is 10.7 Å². The van der Waals surface area contributed by atoms with Gasteiger partial charge in [0, 0.05) is 36.8 Å². The summed E-state index contributed by atoms with van der Waals surface area (Å²) in [4.78, 5) is 35.9. The Bertz CT molecular complexity index is 1360. The highest BCUT2D eigenvalue weighted by molar-refractivity contribution is 5.92. The van der Waals surface area contributed by atoms with Gasteiger partial charge in [0.25, 0.3) is 11.6 Å². The van der Waals surface area contributed by atoms with Crippen LogP contribution in [0.2, 0.25) is 0 Å². The fourth-order valence-corrected chi connectivity index (χ4v) is 3.39. The molecule has 2 aromatic carbocycles. The number of nitrogens with zero attached hydrogens (tertiary/aromatic N) is 5. The third kappa shape index (κ3) is 4.69. The number of amides is 1. The Morgan fingerprint density at radius 2 is 1.88 bits per heavy atom. The van der Waals surface area contributed by atoms with Crippen LogP contribution in [0.25, 0.3) is 11.4 Å². The molecule has 0 bridgehead atoms. The molecule has 0 radical (unpaired) electrons. The van der Waals surface area contributed by atoms with Crippen LogP contribution in [0.3, 0.4) is 0 Å². The van der Waals surface area contributed by atoms with E-state index in [1.54, 1.807) is 23.9 Å². The quantitative estimate of drug-likeness (QED) is 0.345. The summed E-state index contributed by atoms with van der Waals surface area (Å²) < 4.78 is 2.99. The molecule has 1 amide bonds. The van der Waals surface area contributed by atoms with Crippen LogP contribution >= 0.6 is 0 Å². The van der Waals surface area contributed by atoms with Gasteiger partial charge in [0.2, 0.25) is 5.43 Å². The van der Waals surface area contributed by atoms with Gasteiger partial charge < -0.3 is 5.32 Å². The molecule has 0 aliphatic carbocycles. The first-order chi connectivity index (χ1) is 15.9. The zero-order valence-corrected chi connectivity index (χ0v) is 17.7. The lowest BCUT2D eigenvalue weighted by molar-refractivity contribution is -0.384. The number of nitro benzene ring substituents is 1. The topological polar surface area (TPSA) is 125 Å². The average Bonchev–Trinajstić information content (AvgIpc) is 3.34.